The van der Waals surface area contributed by atoms with Crippen LogP contribution in [0.2, 0.25) is 5.02 Å². The topological polar surface area (TPSA) is 71.9 Å². The molecule has 0 radical (unpaired) electrons. The number of ether oxygens (including phenoxy) is 1. The lowest BCUT2D eigenvalue weighted by atomic mass is 9.89. The van der Waals surface area contributed by atoms with Crippen LogP contribution in [-0.4, -0.2) is 10.1 Å². The molecule has 114 valence electrons. The van der Waals surface area contributed by atoms with E-state index in [1.54, 1.807) is 18.2 Å². The van der Waals surface area contributed by atoms with Crippen LogP contribution in [0.3, 0.4) is 0 Å². The van der Waals surface area contributed by atoms with Gasteiger partial charge in [0.2, 0.25) is 11.7 Å². The lowest BCUT2D eigenvalue weighted by Gasteiger charge is -2.17. The largest absolute Gasteiger partial charge is 0.484 e. The Morgan fingerprint density at radius 1 is 1.32 bits per heavy atom. The van der Waals surface area contributed by atoms with Gasteiger partial charge in [-0.05, 0) is 31.0 Å². The van der Waals surface area contributed by atoms with Gasteiger partial charge in [-0.2, -0.15) is 10.2 Å². The molecular weight excluding hydrogens is 302 g/mol. The molecule has 1 heterocycles. The van der Waals surface area contributed by atoms with Gasteiger partial charge < -0.3 is 9.26 Å². The molecule has 1 fully saturated rings. The number of halogens is 1. The predicted molar refractivity (Wildman–Crippen MR) is 80.6 cm³/mol. The maximum Gasteiger partial charge on any atom is 0.229 e. The number of benzene rings is 1. The fraction of sp³-hybridized carbons (Fsp3) is 0.438. The summed E-state index contributed by atoms with van der Waals surface area (Å²) in [5.74, 6) is 2.11. The molecule has 3 rings (SSSR count). The molecular formula is C16H16ClN3O2. The highest BCUT2D eigenvalue weighted by atomic mass is 35.5. The molecule has 0 aliphatic heterocycles. The van der Waals surface area contributed by atoms with Gasteiger partial charge in [-0.25, -0.2) is 0 Å². The van der Waals surface area contributed by atoms with Crippen LogP contribution in [0.1, 0.15) is 55.3 Å². The van der Waals surface area contributed by atoms with Crippen LogP contribution in [0.4, 0.5) is 0 Å². The van der Waals surface area contributed by atoms with Crippen molar-refractivity contribution >= 4 is 11.6 Å². The molecule has 5 nitrogen and oxygen atoms in total. The van der Waals surface area contributed by atoms with E-state index in [2.05, 4.69) is 10.1 Å². The van der Waals surface area contributed by atoms with Crippen LogP contribution in [0, 0.1) is 11.3 Å². The van der Waals surface area contributed by atoms with Gasteiger partial charge in [-0.1, -0.05) is 36.0 Å². The Labute approximate surface area is 133 Å². The van der Waals surface area contributed by atoms with Crippen molar-refractivity contribution in [2.75, 3.05) is 0 Å². The fourth-order valence-corrected chi connectivity index (χ4v) is 2.91. The van der Waals surface area contributed by atoms with Crippen molar-refractivity contribution in [1.82, 2.24) is 10.1 Å². The number of hydrogen-bond acceptors (Lipinski definition) is 5. The Balaban J connectivity index is 1.62. The first-order chi connectivity index (χ1) is 10.8. The first kappa shape index (κ1) is 14.9. The van der Waals surface area contributed by atoms with Crippen molar-refractivity contribution < 1.29 is 9.26 Å². The summed E-state index contributed by atoms with van der Waals surface area (Å²) in [4.78, 5) is 4.41. The van der Waals surface area contributed by atoms with Crippen LogP contribution in [-0.2, 0) is 6.61 Å². The summed E-state index contributed by atoms with van der Waals surface area (Å²) < 4.78 is 10.9. The van der Waals surface area contributed by atoms with Crippen LogP contribution < -0.4 is 4.74 Å². The summed E-state index contributed by atoms with van der Waals surface area (Å²) in [5, 5.41) is 13.2. The number of hydrogen-bond donors (Lipinski definition) is 0. The standard InChI is InChI=1S/C16H16ClN3O2/c17-13-8-11(9-18)6-7-14(13)21-10-15-19-16(22-20-15)12-4-2-1-3-5-12/h6-8,12H,1-5,10H2. The molecule has 1 saturated carbocycles. The highest BCUT2D eigenvalue weighted by Crippen LogP contribution is 2.31. The SMILES string of the molecule is N#Cc1ccc(OCc2noc(C3CCCCC3)n2)c(Cl)c1. The second-order valence-corrected chi connectivity index (χ2v) is 5.84. The molecule has 1 aromatic heterocycles. The van der Waals surface area contributed by atoms with E-state index in [9.17, 15) is 0 Å². The Morgan fingerprint density at radius 2 is 2.14 bits per heavy atom. The summed E-state index contributed by atoms with van der Waals surface area (Å²) in [6.07, 6.45) is 5.96. The van der Waals surface area contributed by atoms with E-state index >= 15 is 0 Å². The minimum absolute atomic E-state index is 0.196. The van der Waals surface area contributed by atoms with Gasteiger partial charge in [-0.15, -0.1) is 0 Å². The minimum atomic E-state index is 0.196. The first-order valence-corrected chi connectivity index (χ1v) is 7.79. The van der Waals surface area contributed by atoms with Gasteiger partial charge in [0.15, 0.2) is 6.61 Å². The monoisotopic (exact) mass is 317 g/mol. The van der Waals surface area contributed by atoms with Crippen molar-refractivity contribution in [2.24, 2.45) is 0 Å². The average molecular weight is 318 g/mol. The van der Waals surface area contributed by atoms with Gasteiger partial charge in [0.05, 0.1) is 16.7 Å². The van der Waals surface area contributed by atoms with Crippen LogP contribution in [0.5, 0.6) is 5.75 Å². The highest BCUT2D eigenvalue weighted by molar-refractivity contribution is 6.32. The highest BCUT2D eigenvalue weighted by Gasteiger charge is 2.21. The number of nitrogens with zero attached hydrogens (tertiary/aromatic N) is 3. The Kier molecular flexibility index (Phi) is 4.59. The van der Waals surface area contributed by atoms with E-state index in [0.29, 0.717) is 34.0 Å². The zero-order chi connectivity index (χ0) is 15.4. The predicted octanol–water partition coefficient (Wildman–Crippen LogP) is 4.22. The lowest BCUT2D eigenvalue weighted by molar-refractivity contribution is 0.280. The van der Waals surface area contributed by atoms with E-state index in [4.69, 9.17) is 26.1 Å². The van der Waals surface area contributed by atoms with Crippen molar-refractivity contribution in [3.63, 3.8) is 0 Å². The summed E-state index contributed by atoms with van der Waals surface area (Å²) in [6.45, 7) is 0.196. The van der Waals surface area contributed by atoms with Crippen molar-refractivity contribution in [3.8, 4) is 11.8 Å². The summed E-state index contributed by atoms with van der Waals surface area (Å²) in [5.41, 5.74) is 0.497. The van der Waals surface area contributed by atoms with E-state index < -0.39 is 0 Å². The summed E-state index contributed by atoms with van der Waals surface area (Å²) in [6, 6.07) is 6.93. The number of aromatic nitrogens is 2. The zero-order valence-electron chi connectivity index (χ0n) is 12.1. The normalized spacial score (nSPS) is 15.5. The number of rotatable bonds is 4. The molecule has 0 bridgehead atoms. The second-order valence-electron chi connectivity index (χ2n) is 5.43. The molecule has 22 heavy (non-hydrogen) atoms. The van der Waals surface area contributed by atoms with E-state index in [0.717, 1.165) is 12.8 Å². The molecule has 0 atom stereocenters. The third-order valence-corrected chi connectivity index (χ3v) is 4.15. The third-order valence-electron chi connectivity index (χ3n) is 3.86. The molecule has 0 amide bonds. The van der Waals surface area contributed by atoms with Gasteiger partial charge in [0.1, 0.15) is 5.75 Å². The molecule has 0 N–H and O–H groups in total. The van der Waals surface area contributed by atoms with Crippen molar-refractivity contribution in [3.05, 3.63) is 40.5 Å². The summed E-state index contributed by atoms with van der Waals surface area (Å²) >= 11 is 6.06. The molecule has 0 spiro atoms. The molecule has 0 unspecified atom stereocenters. The van der Waals surface area contributed by atoms with E-state index in [-0.39, 0.29) is 6.61 Å². The molecule has 1 aromatic carbocycles. The quantitative estimate of drug-likeness (QED) is 0.844. The van der Waals surface area contributed by atoms with Crippen molar-refractivity contribution in [1.29, 1.82) is 5.26 Å². The molecule has 1 aliphatic carbocycles. The number of nitriles is 1. The van der Waals surface area contributed by atoms with Gasteiger partial charge >= 0.3 is 0 Å². The van der Waals surface area contributed by atoms with Gasteiger partial charge in [0, 0.05) is 5.92 Å². The maximum atomic E-state index is 8.81. The van der Waals surface area contributed by atoms with Crippen molar-refractivity contribution in [2.45, 2.75) is 44.6 Å². The third kappa shape index (κ3) is 3.40. The Morgan fingerprint density at radius 3 is 2.86 bits per heavy atom. The average Bonchev–Trinajstić information content (AvgIpc) is 3.03. The van der Waals surface area contributed by atoms with Gasteiger partial charge in [0.25, 0.3) is 0 Å². The second kappa shape index (κ2) is 6.80. The van der Waals surface area contributed by atoms with Gasteiger partial charge in [-0.3, -0.25) is 0 Å². The van der Waals surface area contributed by atoms with Crippen LogP contribution >= 0.6 is 11.6 Å². The fourth-order valence-electron chi connectivity index (χ4n) is 2.67. The molecule has 1 aliphatic rings. The molecule has 2 aromatic rings. The van der Waals surface area contributed by atoms with E-state index in [1.165, 1.54) is 19.3 Å². The Hall–Kier alpha value is -2.06. The van der Waals surface area contributed by atoms with Crippen LogP contribution in [0.25, 0.3) is 0 Å². The minimum Gasteiger partial charge on any atom is -0.484 e. The molecule has 0 saturated heterocycles. The zero-order valence-corrected chi connectivity index (χ0v) is 12.8. The van der Waals surface area contributed by atoms with Crippen LogP contribution in [0.15, 0.2) is 22.7 Å². The molecule has 6 heteroatoms. The maximum absolute atomic E-state index is 8.81. The Bertz CT molecular complexity index is 687. The lowest BCUT2D eigenvalue weighted by Crippen LogP contribution is -2.05. The summed E-state index contributed by atoms with van der Waals surface area (Å²) in [7, 11) is 0. The first-order valence-electron chi connectivity index (χ1n) is 7.41. The smallest absolute Gasteiger partial charge is 0.229 e. The van der Waals surface area contributed by atoms with E-state index in [1.807, 2.05) is 6.07 Å².